The summed E-state index contributed by atoms with van der Waals surface area (Å²) in [5.41, 5.74) is 1.79. The molecule has 0 unspecified atom stereocenters. The zero-order chi connectivity index (χ0) is 19.5. The lowest BCUT2D eigenvalue weighted by Gasteiger charge is -2.13. The van der Waals surface area contributed by atoms with Gasteiger partial charge < -0.3 is 14.9 Å². The highest BCUT2D eigenvalue weighted by Gasteiger charge is 2.19. The number of nitrogens with zero attached hydrogens (tertiary/aromatic N) is 2. The monoisotopic (exact) mass is 399 g/mol. The Labute approximate surface area is 156 Å². The third-order valence-corrected chi connectivity index (χ3v) is 6.45. The van der Waals surface area contributed by atoms with Gasteiger partial charge in [0.05, 0.1) is 22.0 Å². The van der Waals surface area contributed by atoms with Crippen LogP contribution in [0.4, 0.5) is 5.69 Å². The average Bonchev–Trinajstić information content (AvgIpc) is 2.88. The first-order valence-electron chi connectivity index (χ1n) is 7.67. The van der Waals surface area contributed by atoms with Gasteiger partial charge in [-0.05, 0) is 32.0 Å². The van der Waals surface area contributed by atoms with E-state index in [4.69, 9.17) is 4.52 Å². The molecule has 0 saturated carbocycles. The number of phenolic OH excluding ortho intramolecular Hbond substituents is 1. The number of phenols is 1. The van der Waals surface area contributed by atoms with Crippen molar-refractivity contribution in [2.75, 3.05) is 25.2 Å². The summed E-state index contributed by atoms with van der Waals surface area (Å²) in [5, 5.41) is 16.3. The van der Waals surface area contributed by atoms with Crippen molar-refractivity contribution in [3.63, 3.8) is 0 Å². The quantitative estimate of drug-likeness (QED) is 0.686. The van der Waals surface area contributed by atoms with Crippen LogP contribution in [0.2, 0.25) is 0 Å². The molecular formula is C16H21N3O5S2. The van der Waals surface area contributed by atoms with E-state index in [1.165, 1.54) is 44.1 Å². The highest BCUT2D eigenvalue weighted by molar-refractivity contribution is 7.99. The maximum atomic E-state index is 12.2. The third-order valence-electron chi connectivity index (χ3n) is 3.68. The number of hydrogen-bond acceptors (Lipinski definition) is 7. The predicted octanol–water partition coefficient (Wildman–Crippen LogP) is 2.12. The van der Waals surface area contributed by atoms with Gasteiger partial charge in [0.2, 0.25) is 15.9 Å². The number of carbonyl (C=O) groups is 1. The normalized spacial score (nSPS) is 11.7. The first kappa shape index (κ1) is 20.3. The van der Waals surface area contributed by atoms with E-state index in [9.17, 15) is 18.3 Å². The molecule has 0 saturated heterocycles. The van der Waals surface area contributed by atoms with Gasteiger partial charge in [0.25, 0.3) is 0 Å². The number of thioether (sulfide) groups is 1. The fraction of sp³-hybridized carbons (Fsp3) is 0.375. The SMILES string of the molecule is Cc1noc(C)c1CSCC(=O)Nc1cc(S(=O)(=O)N(C)C)ccc1O. The molecule has 2 aromatic rings. The summed E-state index contributed by atoms with van der Waals surface area (Å²) in [5.74, 6) is 0.863. The van der Waals surface area contributed by atoms with Crippen molar-refractivity contribution in [3.8, 4) is 5.75 Å². The highest BCUT2D eigenvalue weighted by atomic mass is 32.2. The van der Waals surface area contributed by atoms with Crippen LogP contribution < -0.4 is 5.32 Å². The van der Waals surface area contributed by atoms with Crippen molar-refractivity contribution in [2.45, 2.75) is 24.5 Å². The molecule has 0 aliphatic carbocycles. The maximum absolute atomic E-state index is 12.2. The van der Waals surface area contributed by atoms with Gasteiger partial charge in [-0.15, -0.1) is 11.8 Å². The zero-order valence-corrected chi connectivity index (χ0v) is 16.6. The number of hydrogen-bond donors (Lipinski definition) is 2. The molecule has 0 aliphatic rings. The van der Waals surface area contributed by atoms with Crippen LogP contribution in [-0.2, 0) is 20.6 Å². The van der Waals surface area contributed by atoms with E-state index in [1.54, 1.807) is 0 Å². The van der Waals surface area contributed by atoms with Crippen LogP contribution in [-0.4, -0.2) is 48.7 Å². The minimum Gasteiger partial charge on any atom is -0.506 e. The van der Waals surface area contributed by atoms with E-state index in [0.717, 1.165) is 21.3 Å². The second kappa shape index (κ2) is 8.11. The number of carbonyl (C=O) groups excluding carboxylic acids is 1. The standard InChI is InChI=1S/C16H21N3O5S2/c1-10-13(11(2)24-18-10)8-25-9-16(21)17-14-7-12(5-6-15(14)20)26(22,23)19(3)4/h5-7,20H,8-9H2,1-4H3,(H,17,21). The smallest absolute Gasteiger partial charge is 0.242 e. The average molecular weight is 399 g/mol. The van der Waals surface area contributed by atoms with Crippen molar-refractivity contribution < 1.29 is 22.8 Å². The largest absolute Gasteiger partial charge is 0.506 e. The second-order valence-corrected chi connectivity index (χ2v) is 8.95. The van der Waals surface area contributed by atoms with Gasteiger partial charge in [-0.3, -0.25) is 4.79 Å². The molecule has 1 heterocycles. The number of sulfonamides is 1. The van der Waals surface area contributed by atoms with Crippen LogP contribution in [0.1, 0.15) is 17.0 Å². The van der Waals surface area contributed by atoms with Gasteiger partial charge in [-0.2, -0.15) is 0 Å². The fourth-order valence-electron chi connectivity index (χ4n) is 2.13. The molecule has 0 aliphatic heterocycles. The summed E-state index contributed by atoms with van der Waals surface area (Å²) in [6, 6.07) is 3.76. The molecule has 0 spiro atoms. The summed E-state index contributed by atoms with van der Waals surface area (Å²) in [4.78, 5) is 12.1. The Morgan fingerprint density at radius 1 is 1.35 bits per heavy atom. The van der Waals surface area contributed by atoms with Gasteiger partial charge in [0, 0.05) is 25.4 Å². The van der Waals surface area contributed by atoms with E-state index >= 15 is 0 Å². The minimum atomic E-state index is -3.66. The van der Waals surface area contributed by atoms with Gasteiger partial charge in [0.1, 0.15) is 11.5 Å². The zero-order valence-electron chi connectivity index (χ0n) is 14.9. The van der Waals surface area contributed by atoms with Crippen molar-refractivity contribution in [3.05, 3.63) is 35.2 Å². The number of benzene rings is 1. The molecule has 0 radical (unpaired) electrons. The molecule has 142 valence electrons. The molecule has 10 heteroatoms. The van der Waals surface area contributed by atoms with Crippen molar-refractivity contribution in [2.24, 2.45) is 0 Å². The summed E-state index contributed by atoms with van der Waals surface area (Å²) in [7, 11) is -0.843. The molecule has 0 atom stereocenters. The van der Waals surface area contributed by atoms with E-state index in [2.05, 4.69) is 10.5 Å². The summed E-state index contributed by atoms with van der Waals surface area (Å²) in [6.07, 6.45) is 0. The van der Waals surface area contributed by atoms with Crippen LogP contribution in [0, 0.1) is 13.8 Å². The van der Waals surface area contributed by atoms with E-state index in [-0.39, 0.29) is 28.0 Å². The van der Waals surface area contributed by atoms with Crippen LogP contribution in [0.15, 0.2) is 27.6 Å². The Bertz CT molecular complexity index is 887. The van der Waals surface area contributed by atoms with Gasteiger partial charge in [-0.1, -0.05) is 5.16 Å². The Balaban J connectivity index is 2.02. The topological polar surface area (TPSA) is 113 Å². The molecule has 1 amide bonds. The number of aromatic hydroxyl groups is 1. The van der Waals surface area contributed by atoms with Gasteiger partial charge in [0.15, 0.2) is 0 Å². The molecule has 26 heavy (non-hydrogen) atoms. The Kier molecular flexibility index (Phi) is 6.32. The Hall–Kier alpha value is -2.04. The fourth-order valence-corrected chi connectivity index (χ4v) is 4.03. The third kappa shape index (κ3) is 4.57. The number of amides is 1. The predicted molar refractivity (Wildman–Crippen MR) is 99.7 cm³/mol. The lowest BCUT2D eigenvalue weighted by molar-refractivity contribution is -0.113. The minimum absolute atomic E-state index is 0.0148. The lowest BCUT2D eigenvalue weighted by atomic mass is 10.2. The number of nitrogens with one attached hydrogen (secondary N) is 1. The highest BCUT2D eigenvalue weighted by Crippen LogP contribution is 2.28. The maximum Gasteiger partial charge on any atom is 0.242 e. The molecule has 1 aromatic heterocycles. The summed E-state index contributed by atoms with van der Waals surface area (Å²) >= 11 is 1.37. The molecule has 1 aromatic carbocycles. The van der Waals surface area contributed by atoms with Crippen LogP contribution in [0.25, 0.3) is 0 Å². The number of rotatable bonds is 7. The molecule has 2 rings (SSSR count). The van der Waals surface area contributed by atoms with Crippen LogP contribution >= 0.6 is 11.8 Å². The van der Waals surface area contributed by atoms with E-state index in [0.29, 0.717) is 5.75 Å². The first-order valence-corrected chi connectivity index (χ1v) is 10.3. The van der Waals surface area contributed by atoms with Crippen LogP contribution in [0.3, 0.4) is 0 Å². The summed E-state index contributed by atoms with van der Waals surface area (Å²) < 4.78 is 30.5. The molecule has 8 nitrogen and oxygen atoms in total. The van der Waals surface area contributed by atoms with Crippen molar-refractivity contribution in [1.82, 2.24) is 9.46 Å². The lowest BCUT2D eigenvalue weighted by Crippen LogP contribution is -2.22. The molecule has 0 bridgehead atoms. The Morgan fingerprint density at radius 2 is 2.04 bits per heavy atom. The number of anilines is 1. The molecule has 0 fully saturated rings. The van der Waals surface area contributed by atoms with Crippen molar-refractivity contribution >= 4 is 33.4 Å². The number of aryl methyl sites for hydroxylation is 2. The summed E-state index contributed by atoms with van der Waals surface area (Å²) in [6.45, 7) is 3.64. The Morgan fingerprint density at radius 3 is 2.62 bits per heavy atom. The van der Waals surface area contributed by atoms with Crippen LogP contribution in [0.5, 0.6) is 5.75 Å². The van der Waals surface area contributed by atoms with Gasteiger partial charge in [-0.25, -0.2) is 12.7 Å². The van der Waals surface area contributed by atoms with E-state index in [1.807, 2.05) is 13.8 Å². The van der Waals surface area contributed by atoms with Gasteiger partial charge >= 0.3 is 0 Å². The van der Waals surface area contributed by atoms with E-state index < -0.39 is 10.0 Å². The second-order valence-electron chi connectivity index (χ2n) is 5.81. The van der Waals surface area contributed by atoms with Crippen molar-refractivity contribution in [1.29, 1.82) is 0 Å². The molecular weight excluding hydrogens is 378 g/mol. The number of aromatic nitrogens is 1. The first-order chi connectivity index (χ1) is 12.1. The molecule has 2 N–H and O–H groups in total.